The highest BCUT2D eigenvalue weighted by Crippen LogP contribution is 2.32. The van der Waals surface area contributed by atoms with E-state index in [4.69, 9.17) is 11.6 Å². The summed E-state index contributed by atoms with van der Waals surface area (Å²) in [4.78, 5) is 33.6. The molecule has 0 aliphatic carbocycles. The maximum absolute atomic E-state index is 13.1. The van der Waals surface area contributed by atoms with E-state index in [1.807, 2.05) is 0 Å². The summed E-state index contributed by atoms with van der Waals surface area (Å²) in [5, 5.41) is 2.92. The second-order valence-corrected chi connectivity index (χ2v) is 5.91. The molecule has 2 aromatic rings. The van der Waals surface area contributed by atoms with E-state index in [1.165, 1.54) is 24.7 Å². The van der Waals surface area contributed by atoms with Crippen LogP contribution in [0.4, 0.5) is 4.39 Å². The van der Waals surface area contributed by atoms with Gasteiger partial charge in [-0.15, -0.1) is 0 Å². The van der Waals surface area contributed by atoms with E-state index in [2.05, 4.69) is 15.3 Å². The Kier molecular flexibility index (Phi) is 4.44. The van der Waals surface area contributed by atoms with Gasteiger partial charge in [-0.05, 0) is 17.7 Å². The Balaban J connectivity index is 1.85. The van der Waals surface area contributed by atoms with E-state index < -0.39 is 11.9 Å². The molecule has 1 N–H and O–H groups in total. The molecule has 8 heteroatoms. The van der Waals surface area contributed by atoms with Gasteiger partial charge in [0.1, 0.15) is 17.8 Å². The minimum Gasteiger partial charge on any atom is -0.345 e. The van der Waals surface area contributed by atoms with Crippen molar-refractivity contribution >= 4 is 23.4 Å². The molecule has 1 aromatic carbocycles. The highest BCUT2D eigenvalue weighted by atomic mass is 35.5. The van der Waals surface area contributed by atoms with Crippen molar-refractivity contribution in [3.63, 3.8) is 0 Å². The summed E-state index contributed by atoms with van der Waals surface area (Å²) < 4.78 is 13.1. The smallest absolute Gasteiger partial charge is 0.271 e. The fourth-order valence-electron chi connectivity index (χ4n) is 2.83. The van der Waals surface area contributed by atoms with Gasteiger partial charge in [-0.2, -0.15) is 0 Å². The van der Waals surface area contributed by atoms with Crippen LogP contribution in [0.25, 0.3) is 0 Å². The van der Waals surface area contributed by atoms with Crippen molar-refractivity contribution in [1.29, 1.82) is 0 Å². The van der Waals surface area contributed by atoms with Crippen LogP contribution in [0, 0.1) is 5.82 Å². The summed E-state index contributed by atoms with van der Waals surface area (Å²) >= 11 is 5.93. The number of likely N-dealkylation sites (tertiary alicyclic amines) is 1. The highest BCUT2D eigenvalue weighted by molar-refractivity contribution is 6.33. The van der Waals surface area contributed by atoms with Crippen molar-refractivity contribution in [3.8, 4) is 0 Å². The summed E-state index contributed by atoms with van der Waals surface area (Å²) in [6, 6.07) is 5.00. The number of rotatable bonds is 3. The summed E-state index contributed by atoms with van der Waals surface area (Å²) in [6.45, 7) is 0. The average Bonchev–Trinajstić information content (AvgIpc) is 2.83. The van der Waals surface area contributed by atoms with E-state index in [0.29, 0.717) is 0 Å². The number of carbonyl (C=O) groups is 2. The van der Waals surface area contributed by atoms with Crippen LogP contribution in [-0.2, 0) is 4.79 Å². The number of likely N-dealkylation sites (N-methyl/N-ethyl adjacent to an activating group) is 1. The molecule has 3 rings (SSSR count). The van der Waals surface area contributed by atoms with Gasteiger partial charge in [-0.3, -0.25) is 9.59 Å². The van der Waals surface area contributed by atoms with E-state index in [-0.39, 0.29) is 34.9 Å². The second kappa shape index (κ2) is 6.52. The number of halogens is 2. The van der Waals surface area contributed by atoms with Crippen LogP contribution in [0.15, 0.2) is 36.8 Å². The molecule has 0 unspecified atom stereocenters. The number of nitrogens with one attached hydrogen (secondary N) is 1. The van der Waals surface area contributed by atoms with Gasteiger partial charge >= 0.3 is 0 Å². The third-order valence-electron chi connectivity index (χ3n) is 4.00. The first-order chi connectivity index (χ1) is 11.5. The zero-order chi connectivity index (χ0) is 17.3. The lowest BCUT2D eigenvalue weighted by atomic mass is 10.00. The molecule has 2 amide bonds. The van der Waals surface area contributed by atoms with Crippen LogP contribution in [0.5, 0.6) is 0 Å². The van der Waals surface area contributed by atoms with Crippen LogP contribution in [0.3, 0.4) is 0 Å². The van der Waals surface area contributed by atoms with Crippen LogP contribution in [0.2, 0.25) is 5.02 Å². The number of hydrogen-bond donors (Lipinski definition) is 1. The van der Waals surface area contributed by atoms with E-state index in [1.54, 1.807) is 24.1 Å². The molecule has 24 heavy (non-hydrogen) atoms. The first-order valence-electron chi connectivity index (χ1n) is 7.25. The molecule has 124 valence electrons. The quantitative estimate of drug-likeness (QED) is 0.920. The van der Waals surface area contributed by atoms with Gasteiger partial charge in [0, 0.05) is 19.7 Å². The molecule has 1 aliphatic heterocycles. The van der Waals surface area contributed by atoms with Crippen LogP contribution in [0.1, 0.15) is 28.5 Å². The molecule has 6 nitrogen and oxygen atoms in total. The molecule has 1 fully saturated rings. The van der Waals surface area contributed by atoms with E-state index in [0.717, 1.165) is 5.56 Å². The second-order valence-electron chi connectivity index (χ2n) is 5.50. The van der Waals surface area contributed by atoms with Crippen molar-refractivity contribution < 1.29 is 14.0 Å². The first kappa shape index (κ1) is 16.3. The van der Waals surface area contributed by atoms with Crippen molar-refractivity contribution in [2.24, 2.45) is 0 Å². The number of carbonyl (C=O) groups excluding carboxylic acids is 2. The fraction of sp³-hybridized carbons (Fsp3) is 0.250. The van der Waals surface area contributed by atoms with Crippen molar-refractivity contribution in [3.05, 3.63) is 58.9 Å². The molecule has 2 heterocycles. The minimum absolute atomic E-state index is 0.0477. The van der Waals surface area contributed by atoms with Crippen LogP contribution in [-0.4, -0.2) is 39.8 Å². The zero-order valence-electron chi connectivity index (χ0n) is 12.7. The zero-order valence-corrected chi connectivity index (χ0v) is 13.5. The molecule has 0 spiro atoms. The molecule has 0 saturated carbocycles. The standard InChI is InChI=1S/C16H14ClFN4O2/c1-22-13(23)6-12(15(22)9-2-4-10(18)5-3-9)21-16(24)14-11(17)7-19-8-20-14/h2-5,7-8,12,15H,6H2,1H3,(H,21,24)/t12-,15-/m1/s1. The Morgan fingerprint density at radius 3 is 2.75 bits per heavy atom. The highest BCUT2D eigenvalue weighted by Gasteiger charge is 2.39. The molecule has 2 atom stereocenters. The maximum Gasteiger partial charge on any atom is 0.271 e. The third-order valence-corrected chi connectivity index (χ3v) is 4.27. The Hall–Kier alpha value is -2.54. The van der Waals surface area contributed by atoms with Gasteiger partial charge < -0.3 is 10.2 Å². The van der Waals surface area contributed by atoms with Gasteiger partial charge in [-0.25, -0.2) is 14.4 Å². The normalized spacial score (nSPS) is 20.3. The summed E-state index contributed by atoms with van der Waals surface area (Å²) in [5.74, 6) is -0.954. The first-order valence-corrected chi connectivity index (χ1v) is 7.62. The van der Waals surface area contributed by atoms with Gasteiger partial charge in [0.2, 0.25) is 5.91 Å². The molecular formula is C16H14ClFN4O2. The Morgan fingerprint density at radius 2 is 2.08 bits per heavy atom. The van der Waals surface area contributed by atoms with Crippen LogP contribution >= 0.6 is 11.6 Å². The molecule has 1 aliphatic rings. The fourth-order valence-corrected chi connectivity index (χ4v) is 3.02. The Morgan fingerprint density at radius 1 is 1.38 bits per heavy atom. The predicted molar refractivity (Wildman–Crippen MR) is 84.8 cm³/mol. The predicted octanol–water partition coefficient (Wildman–Crippen LogP) is 1.97. The topological polar surface area (TPSA) is 75.2 Å². The van der Waals surface area contributed by atoms with Crippen molar-refractivity contribution in [2.75, 3.05) is 7.05 Å². The maximum atomic E-state index is 13.1. The SMILES string of the molecule is CN1C(=O)C[C@@H](NC(=O)c2ncncc2Cl)[C@H]1c1ccc(F)cc1. The Bertz CT molecular complexity index is 784. The number of hydrogen-bond acceptors (Lipinski definition) is 4. The van der Waals surface area contributed by atoms with Crippen molar-refractivity contribution in [2.45, 2.75) is 18.5 Å². The molecular weight excluding hydrogens is 335 g/mol. The van der Waals surface area contributed by atoms with Gasteiger partial charge in [0.15, 0.2) is 0 Å². The van der Waals surface area contributed by atoms with Crippen molar-refractivity contribution in [1.82, 2.24) is 20.2 Å². The van der Waals surface area contributed by atoms with Crippen LogP contribution < -0.4 is 5.32 Å². The summed E-state index contributed by atoms with van der Waals surface area (Å²) in [7, 11) is 1.65. The number of amides is 2. The number of nitrogens with zero attached hydrogens (tertiary/aromatic N) is 3. The summed E-state index contributed by atoms with van der Waals surface area (Å²) in [6.07, 6.45) is 2.70. The molecule has 1 aromatic heterocycles. The molecule has 0 radical (unpaired) electrons. The minimum atomic E-state index is -0.484. The number of benzene rings is 1. The van der Waals surface area contributed by atoms with Gasteiger partial charge in [0.25, 0.3) is 5.91 Å². The average molecular weight is 349 g/mol. The largest absolute Gasteiger partial charge is 0.345 e. The lowest BCUT2D eigenvalue weighted by molar-refractivity contribution is -0.127. The lowest BCUT2D eigenvalue weighted by Gasteiger charge is -2.26. The summed E-state index contributed by atoms with van der Waals surface area (Å²) in [5.41, 5.74) is 0.787. The monoisotopic (exact) mass is 348 g/mol. The van der Waals surface area contributed by atoms with Gasteiger partial charge in [-0.1, -0.05) is 23.7 Å². The van der Waals surface area contributed by atoms with E-state index in [9.17, 15) is 14.0 Å². The third kappa shape index (κ3) is 3.07. The molecule has 1 saturated heterocycles. The van der Waals surface area contributed by atoms with Gasteiger partial charge in [0.05, 0.1) is 17.1 Å². The number of aromatic nitrogens is 2. The van der Waals surface area contributed by atoms with E-state index >= 15 is 0 Å². The Labute approximate surface area is 142 Å². The molecule has 0 bridgehead atoms. The lowest BCUT2D eigenvalue weighted by Crippen LogP contribution is -2.39.